The third-order valence-corrected chi connectivity index (χ3v) is 6.60. The molecule has 1 aliphatic carbocycles. The molecule has 3 aliphatic heterocycles. The molecule has 3 saturated heterocycles. The maximum Gasteiger partial charge on any atom is 0.266 e. The van der Waals surface area contributed by atoms with Crippen LogP contribution in [0.25, 0.3) is 0 Å². The number of piperazine rings is 1. The minimum Gasteiger partial charge on any atom is -0.365 e. The third-order valence-electron chi connectivity index (χ3n) is 6.60. The van der Waals surface area contributed by atoms with E-state index in [1.807, 2.05) is 18.3 Å². The van der Waals surface area contributed by atoms with Gasteiger partial charge in [0.15, 0.2) is 0 Å². The number of hydrogen-bond acceptors (Lipinski definition) is 7. The summed E-state index contributed by atoms with van der Waals surface area (Å²) in [5.74, 6) is -0.291. The number of halogens is 2. The van der Waals surface area contributed by atoms with Gasteiger partial charge in [0.05, 0.1) is 24.6 Å². The van der Waals surface area contributed by atoms with Crippen molar-refractivity contribution in [2.24, 2.45) is 0 Å². The number of alkyl halides is 2. The SMILES string of the molecule is FC1(F)CCN(c2cc(N3CC4CC3CN4)cc(Nc3cnc(C4CC4)cn3)n2)C1. The molecule has 2 unspecified atom stereocenters. The fraction of sp³-hybridized carbons (Fsp3) is 0.571. The van der Waals surface area contributed by atoms with Crippen LogP contribution >= 0.6 is 0 Å². The highest BCUT2D eigenvalue weighted by atomic mass is 19.3. The molecule has 1 saturated carbocycles. The van der Waals surface area contributed by atoms with Crippen molar-refractivity contribution >= 4 is 23.1 Å². The van der Waals surface area contributed by atoms with E-state index in [9.17, 15) is 8.78 Å². The Bertz CT molecular complexity index is 947. The molecule has 2 atom stereocenters. The van der Waals surface area contributed by atoms with Crippen molar-refractivity contribution in [3.63, 3.8) is 0 Å². The van der Waals surface area contributed by atoms with Gasteiger partial charge in [-0.2, -0.15) is 0 Å². The van der Waals surface area contributed by atoms with E-state index in [1.165, 1.54) is 12.8 Å². The molecule has 4 fully saturated rings. The van der Waals surface area contributed by atoms with Crippen molar-refractivity contribution in [2.75, 3.05) is 41.3 Å². The average Bonchev–Trinajstić information content (AvgIpc) is 3.19. The molecule has 6 rings (SSSR count). The van der Waals surface area contributed by atoms with E-state index in [1.54, 1.807) is 11.1 Å². The Morgan fingerprint density at radius 3 is 2.67 bits per heavy atom. The lowest BCUT2D eigenvalue weighted by atomic mass is 10.2. The van der Waals surface area contributed by atoms with E-state index in [0.717, 1.165) is 30.9 Å². The monoisotopic (exact) mass is 413 g/mol. The standard InChI is InChI=1S/C21H25F2N7/c22-21(23)3-4-29(12-21)20-7-15(30-11-14-5-16(30)8-24-14)6-18(28-20)27-19-10-25-17(9-26-19)13-1-2-13/h6-7,9-10,13-14,16,24H,1-5,8,11-12H2,(H,26,27,28). The van der Waals surface area contributed by atoms with E-state index >= 15 is 0 Å². The molecule has 2 aromatic rings. The number of hydrogen-bond donors (Lipinski definition) is 2. The highest BCUT2D eigenvalue weighted by Gasteiger charge is 2.40. The molecule has 0 amide bonds. The number of nitrogens with one attached hydrogen (secondary N) is 2. The van der Waals surface area contributed by atoms with E-state index in [0.29, 0.717) is 42.0 Å². The Morgan fingerprint density at radius 1 is 1.13 bits per heavy atom. The topological polar surface area (TPSA) is 69.2 Å². The summed E-state index contributed by atoms with van der Waals surface area (Å²) in [5.41, 5.74) is 2.05. The van der Waals surface area contributed by atoms with Gasteiger partial charge in [-0.3, -0.25) is 4.98 Å². The quantitative estimate of drug-likeness (QED) is 0.781. The van der Waals surface area contributed by atoms with E-state index < -0.39 is 5.92 Å². The summed E-state index contributed by atoms with van der Waals surface area (Å²) in [5, 5.41) is 6.75. The zero-order chi connectivity index (χ0) is 20.3. The molecule has 9 heteroatoms. The van der Waals surface area contributed by atoms with E-state index in [2.05, 4.69) is 30.5 Å². The first-order chi connectivity index (χ1) is 14.5. The number of nitrogens with zero attached hydrogens (tertiary/aromatic N) is 5. The fourth-order valence-corrected chi connectivity index (χ4v) is 4.83. The largest absolute Gasteiger partial charge is 0.365 e. The van der Waals surface area contributed by atoms with Gasteiger partial charge in [-0.15, -0.1) is 0 Å². The summed E-state index contributed by atoms with van der Waals surface area (Å²) >= 11 is 0. The van der Waals surface area contributed by atoms with Gasteiger partial charge in [0.1, 0.15) is 17.5 Å². The zero-order valence-electron chi connectivity index (χ0n) is 16.7. The Labute approximate surface area is 173 Å². The van der Waals surface area contributed by atoms with Crippen molar-refractivity contribution in [2.45, 2.75) is 49.6 Å². The van der Waals surface area contributed by atoms with Crippen LogP contribution in [0, 0.1) is 0 Å². The van der Waals surface area contributed by atoms with Crippen LogP contribution in [0.3, 0.4) is 0 Å². The molecule has 7 nitrogen and oxygen atoms in total. The summed E-state index contributed by atoms with van der Waals surface area (Å²) in [6.45, 7) is 1.92. The molecule has 158 valence electrons. The molecular weight excluding hydrogens is 388 g/mol. The number of aromatic nitrogens is 3. The van der Waals surface area contributed by atoms with Crippen molar-refractivity contribution in [1.82, 2.24) is 20.3 Å². The number of rotatable bonds is 5. The molecule has 5 heterocycles. The van der Waals surface area contributed by atoms with Gasteiger partial charge in [0.25, 0.3) is 5.92 Å². The fourth-order valence-electron chi connectivity index (χ4n) is 4.83. The van der Waals surface area contributed by atoms with Gasteiger partial charge >= 0.3 is 0 Å². The van der Waals surface area contributed by atoms with E-state index in [-0.39, 0.29) is 13.0 Å². The number of pyridine rings is 1. The highest BCUT2D eigenvalue weighted by Crippen LogP contribution is 2.39. The molecule has 0 aromatic carbocycles. The van der Waals surface area contributed by atoms with E-state index in [4.69, 9.17) is 0 Å². The van der Waals surface area contributed by atoms with Crippen LogP contribution < -0.4 is 20.4 Å². The van der Waals surface area contributed by atoms with Gasteiger partial charge in [-0.05, 0) is 19.3 Å². The smallest absolute Gasteiger partial charge is 0.266 e. The van der Waals surface area contributed by atoms with Crippen LogP contribution in [0.4, 0.5) is 31.9 Å². The van der Waals surface area contributed by atoms with Crippen molar-refractivity contribution in [1.29, 1.82) is 0 Å². The minimum absolute atomic E-state index is 0.131. The van der Waals surface area contributed by atoms with Gasteiger partial charge < -0.3 is 20.4 Å². The van der Waals surface area contributed by atoms with Crippen molar-refractivity contribution < 1.29 is 8.78 Å². The average molecular weight is 413 g/mol. The lowest BCUT2D eigenvalue weighted by molar-refractivity contribution is 0.0256. The Kier molecular flexibility index (Phi) is 4.09. The minimum atomic E-state index is -2.66. The molecule has 0 radical (unpaired) electrons. The normalized spacial score (nSPS) is 27.1. The molecule has 2 N–H and O–H groups in total. The van der Waals surface area contributed by atoms with Crippen LogP contribution in [0.2, 0.25) is 0 Å². The second-order valence-electron chi connectivity index (χ2n) is 8.97. The highest BCUT2D eigenvalue weighted by molar-refractivity contribution is 5.66. The van der Waals surface area contributed by atoms with Crippen LogP contribution in [0.15, 0.2) is 24.5 Å². The van der Waals surface area contributed by atoms with Gasteiger partial charge in [-0.25, -0.2) is 18.7 Å². The third kappa shape index (κ3) is 3.45. The predicted octanol–water partition coefficient (Wildman–Crippen LogP) is 2.89. The lowest BCUT2D eigenvalue weighted by Crippen LogP contribution is -2.43. The Morgan fingerprint density at radius 2 is 2.03 bits per heavy atom. The molecule has 30 heavy (non-hydrogen) atoms. The van der Waals surface area contributed by atoms with Crippen molar-refractivity contribution in [3.8, 4) is 0 Å². The zero-order valence-corrected chi connectivity index (χ0v) is 16.7. The molecule has 2 bridgehead atoms. The van der Waals surface area contributed by atoms with Crippen LogP contribution in [-0.2, 0) is 0 Å². The number of fused-ring (bicyclic) bond motifs is 2. The van der Waals surface area contributed by atoms with Crippen LogP contribution in [0.5, 0.6) is 0 Å². The summed E-state index contributed by atoms with van der Waals surface area (Å²) in [6.07, 6.45) is 6.90. The molecule has 0 spiro atoms. The predicted molar refractivity (Wildman–Crippen MR) is 111 cm³/mol. The van der Waals surface area contributed by atoms with Gasteiger partial charge in [0.2, 0.25) is 0 Å². The first kappa shape index (κ1) is 18.2. The van der Waals surface area contributed by atoms with Crippen LogP contribution in [0.1, 0.15) is 37.3 Å². The summed E-state index contributed by atoms with van der Waals surface area (Å²) in [6, 6.07) is 4.89. The molecule has 4 aliphatic rings. The maximum absolute atomic E-state index is 13.8. The van der Waals surface area contributed by atoms with Gasteiger partial charge in [0, 0.05) is 61.9 Å². The Balaban J connectivity index is 1.30. The summed E-state index contributed by atoms with van der Waals surface area (Å²) in [4.78, 5) is 17.7. The number of anilines is 4. The summed E-state index contributed by atoms with van der Waals surface area (Å²) < 4.78 is 27.7. The lowest BCUT2D eigenvalue weighted by Gasteiger charge is -2.31. The van der Waals surface area contributed by atoms with Crippen molar-refractivity contribution in [3.05, 3.63) is 30.2 Å². The second-order valence-corrected chi connectivity index (χ2v) is 8.97. The maximum atomic E-state index is 13.8. The molecular formula is C21H25F2N7. The molecule has 2 aromatic heterocycles. The first-order valence-electron chi connectivity index (χ1n) is 10.8. The second kappa shape index (κ2) is 6.73. The van der Waals surface area contributed by atoms with Gasteiger partial charge in [-0.1, -0.05) is 0 Å². The summed E-state index contributed by atoms with van der Waals surface area (Å²) in [7, 11) is 0. The Hall–Kier alpha value is -2.55. The first-order valence-corrected chi connectivity index (χ1v) is 10.8. The van der Waals surface area contributed by atoms with Crippen LogP contribution in [-0.4, -0.2) is 59.1 Å².